The van der Waals surface area contributed by atoms with Crippen molar-refractivity contribution in [3.8, 4) is 0 Å². The summed E-state index contributed by atoms with van der Waals surface area (Å²) >= 11 is 4.02. The number of amides is 1. The highest BCUT2D eigenvalue weighted by molar-refractivity contribution is 8.18. The Balaban J connectivity index is 0.00000274. The summed E-state index contributed by atoms with van der Waals surface area (Å²) in [5, 5.41) is 0. The summed E-state index contributed by atoms with van der Waals surface area (Å²) < 4.78 is 5.91. The van der Waals surface area contributed by atoms with Crippen LogP contribution in [-0.4, -0.2) is 47.9 Å². The number of hydrogen-bond acceptors (Lipinski definition) is 5. The molecule has 180 valence electrons. The zero-order valence-electron chi connectivity index (χ0n) is 19.7. The maximum Gasteiger partial charge on any atom is 0.254 e. The Bertz CT molecular complexity index is 1110. The summed E-state index contributed by atoms with van der Waals surface area (Å²) in [6.07, 6.45) is 2.01. The van der Waals surface area contributed by atoms with Crippen LogP contribution in [0.3, 0.4) is 0 Å². The molecule has 1 aromatic heterocycles. The minimum absolute atomic E-state index is 0. The summed E-state index contributed by atoms with van der Waals surface area (Å²) in [7, 11) is 4.07. The molecular formula is C27H31ClN2O2S2. The Kier molecular flexibility index (Phi) is 8.03. The molecule has 2 aliphatic heterocycles. The second-order valence-corrected chi connectivity index (χ2v) is 11.9. The lowest BCUT2D eigenvalue weighted by atomic mass is 10.0. The topological polar surface area (TPSA) is 36.7 Å². The van der Waals surface area contributed by atoms with Crippen molar-refractivity contribution < 1.29 is 9.21 Å². The van der Waals surface area contributed by atoms with Crippen LogP contribution in [0.5, 0.6) is 0 Å². The van der Waals surface area contributed by atoms with E-state index in [9.17, 15) is 4.79 Å². The molecule has 1 saturated heterocycles. The average molecular weight is 515 g/mol. The van der Waals surface area contributed by atoms with Crippen LogP contribution in [0.4, 0.5) is 0 Å². The molecule has 3 aromatic rings. The molecule has 0 saturated carbocycles. The highest BCUT2D eigenvalue weighted by Gasteiger charge is 2.37. The summed E-state index contributed by atoms with van der Waals surface area (Å²) in [5.41, 5.74) is 4.49. The summed E-state index contributed by atoms with van der Waals surface area (Å²) in [4.78, 5) is 17.4. The van der Waals surface area contributed by atoms with Gasteiger partial charge in [0.1, 0.15) is 15.6 Å². The van der Waals surface area contributed by atoms with Gasteiger partial charge in [0.25, 0.3) is 5.91 Å². The largest absolute Gasteiger partial charge is 0.464 e. The molecule has 2 aliphatic rings. The molecule has 4 nitrogen and oxygen atoms in total. The molecule has 0 radical (unpaired) electrons. The first kappa shape index (κ1) is 25.2. The Morgan fingerprint density at radius 3 is 2.38 bits per heavy atom. The fraction of sp³-hybridized carbons (Fsp3) is 0.370. The third-order valence-electron chi connectivity index (χ3n) is 6.24. The predicted octanol–water partition coefficient (Wildman–Crippen LogP) is 6.03. The van der Waals surface area contributed by atoms with E-state index in [4.69, 9.17) is 4.42 Å². The quantitative estimate of drug-likeness (QED) is 0.415. The van der Waals surface area contributed by atoms with Gasteiger partial charge >= 0.3 is 0 Å². The molecule has 7 heteroatoms. The van der Waals surface area contributed by atoms with Crippen molar-refractivity contribution in [2.24, 2.45) is 0 Å². The van der Waals surface area contributed by atoms with Gasteiger partial charge in [-0.15, -0.1) is 35.9 Å². The average Bonchev–Trinajstić information content (AvgIpc) is 3.25. The van der Waals surface area contributed by atoms with Gasteiger partial charge in [0.15, 0.2) is 0 Å². The Labute approximate surface area is 216 Å². The lowest BCUT2D eigenvalue weighted by molar-refractivity contribution is 0.0729. The van der Waals surface area contributed by atoms with Gasteiger partial charge in [0.2, 0.25) is 0 Å². The number of benzene rings is 2. The lowest BCUT2D eigenvalue weighted by Crippen LogP contribution is -2.35. The third kappa shape index (κ3) is 5.06. The Morgan fingerprint density at radius 1 is 1.03 bits per heavy atom. The Hall–Kier alpha value is -1.86. The molecule has 34 heavy (non-hydrogen) atoms. The van der Waals surface area contributed by atoms with Crippen LogP contribution in [0.2, 0.25) is 0 Å². The van der Waals surface area contributed by atoms with E-state index in [0.29, 0.717) is 13.1 Å². The molecule has 1 amide bonds. The van der Waals surface area contributed by atoms with E-state index in [1.165, 1.54) is 17.5 Å². The molecule has 0 atom stereocenters. The molecule has 2 aromatic carbocycles. The van der Waals surface area contributed by atoms with E-state index < -0.39 is 0 Å². The minimum atomic E-state index is -0.0965. The standard InChI is InChI=1S/C27H30N2O2S2.ClH/c1-28(2)19-24-17-21-18-29(14-13-25(21)31-24)26(30)20-9-11-23(12-10-20)27(32-15-6-16-33-27)22-7-4-3-5-8-22;/h3-5,7-12,17H,6,13-16,18-19H2,1-2H3;1H. The maximum atomic E-state index is 13.3. The molecule has 0 bridgehead atoms. The first-order chi connectivity index (χ1) is 16.0. The van der Waals surface area contributed by atoms with Crippen LogP contribution in [0.1, 0.15) is 45.0 Å². The van der Waals surface area contributed by atoms with Gasteiger partial charge in [-0.2, -0.15) is 0 Å². The third-order valence-corrected chi connectivity index (χ3v) is 9.69. The smallest absolute Gasteiger partial charge is 0.254 e. The van der Waals surface area contributed by atoms with Crippen molar-refractivity contribution in [2.75, 3.05) is 32.1 Å². The zero-order chi connectivity index (χ0) is 22.8. The van der Waals surface area contributed by atoms with Crippen molar-refractivity contribution in [3.63, 3.8) is 0 Å². The number of rotatable bonds is 5. The van der Waals surface area contributed by atoms with E-state index in [2.05, 4.69) is 53.4 Å². The molecule has 1 fully saturated rings. The normalized spacial score (nSPS) is 17.2. The van der Waals surface area contributed by atoms with Crippen molar-refractivity contribution >= 4 is 41.8 Å². The summed E-state index contributed by atoms with van der Waals surface area (Å²) in [6.45, 7) is 2.09. The van der Waals surface area contributed by atoms with Crippen molar-refractivity contribution in [1.29, 1.82) is 0 Å². The molecule has 0 unspecified atom stereocenters. The van der Waals surface area contributed by atoms with Crippen LogP contribution in [0.15, 0.2) is 65.1 Å². The monoisotopic (exact) mass is 514 g/mol. The summed E-state index contributed by atoms with van der Waals surface area (Å²) in [5.74, 6) is 4.40. The van der Waals surface area contributed by atoms with Gasteiger partial charge in [0.05, 0.1) is 6.54 Å². The number of halogens is 1. The Morgan fingerprint density at radius 2 is 1.71 bits per heavy atom. The van der Waals surface area contributed by atoms with Crippen molar-refractivity contribution in [3.05, 3.63) is 94.4 Å². The first-order valence-corrected chi connectivity index (χ1v) is 13.5. The van der Waals surface area contributed by atoms with E-state index in [1.807, 2.05) is 54.7 Å². The number of carbonyl (C=O) groups is 1. The molecule has 0 spiro atoms. The second-order valence-electron chi connectivity index (χ2n) is 8.99. The SMILES string of the molecule is CN(C)Cc1cc2c(o1)CCN(C(=O)c1ccc(C3(c4ccccc4)SCCCS3)cc1)C2.Cl. The van der Waals surface area contributed by atoms with E-state index in [-0.39, 0.29) is 22.4 Å². The number of nitrogens with zero attached hydrogens (tertiary/aromatic N) is 2. The van der Waals surface area contributed by atoms with Gasteiger partial charge in [-0.1, -0.05) is 42.5 Å². The fourth-order valence-electron chi connectivity index (χ4n) is 4.66. The van der Waals surface area contributed by atoms with Crippen molar-refractivity contribution in [1.82, 2.24) is 9.80 Å². The van der Waals surface area contributed by atoms with Crippen LogP contribution < -0.4 is 0 Å². The minimum Gasteiger partial charge on any atom is -0.464 e. The van der Waals surface area contributed by atoms with E-state index in [1.54, 1.807) is 0 Å². The van der Waals surface area contributed by atoms with Crippen LogP contribution in [-0.2, 0) is 23.6 Å². The number of furan rings is 1. The predicted molar refractivity (Wildman–Crippen MR) is 145 cm³/mol. The molecule has 3 heterocycles. The highest BCUT2D eigenvalue weighted by atomic mass is 35.5. The van der Waals surface area contributed by atoms with Gasteiger partial charge in [-0.25, -0.2) is 0 Å². The number of carbonyl (C=O) groups excluding carboxylic acids is 1. The molecule has 5 rings (SSSR count). The van der Waals surface area contributed by atoms with Crippen LogP contribution in [0.25, 0.3) is 0 Å². The number of hydrogen-bond donors (Lipinski definition) is 0. The lowest BCUT2D eigenvalue weighted by Gasteiger charge is -2.37. The van der Waals surface area contributed by atoms with Gasteiger partial charge in [-0.05, 0) is 61.3 Å². The molecule has 0 N–H and O–H groups in total. The van der Waals surface area contributed by atoms with Gasteiger partial charge < -0.3 is 14.2 Å². The van der Waals surface area contributed by atoms with Gasteiger partial charge in [-0.3, -0.25) is 4.79 Å². The zero-order valence-corrected chi connectivity index (χ0v) is 22.1. The maximum absolute atomic E-state index is 13.3. The number of thioether (sulfide) groups is 2. The van der Waals surface area contributed by atoms with Crippen LogP contribution in [0, 0.1) is 0 Å². The highest BCUT2D eigenvalue weighted by Crippen LogP contribution is 2.54. The second kappa shape index (κ2) is 10.8. The van der Waals surface area contributed by atoms with Gasteiger partial charge in [0, 0.05) is 30.6 Å². The van der Waals surface area contributed by atoms with Crippen molar-refractivity contribution in [2.45, 2.75) is 30.0 Å². The first-order valence-electron chi connectivity index (χ1n) is 11.5. The van der Waals surface area contributed by atoms with E-state index >= 15 is 0 Å². The fourth-order valence-corrected chi connectivity index (χ4v) is 8.04. The molecule has 0 aliphatic carbocycles. The molecular weight excluding hydrogens is 484 g/mol. The van der Waals surface area contributed by atoms with E-state index in [0.717, 1.165) is 47.1 Å². The number of fused-ring (bicyclic) bond motifs is 1. The summed E-state index contributed by atoms with van der Waals surface area (Å²) in [6, 6.07) is 21.2. The van der Waals surface area contributed by atoms with Crippen LogP contribution >= 0.6 is 35.9 Å².